The number of hydroxylamine groups is 2. The van der Waals surface area contributed by atoms with Gasteiger partial charge in [0.25, 0.3) is 5.91 Å². The van der Waals surface area contributed by atoms with E-state index in [0.29, 0.717) is 41.0 Å². The summed E-state index contributed by atoms with van der Waals surface area (Å²) in [7, 11) is 1.62. The number of aliphatic hydroxyl groups is 1. The van der Waals surface area contributed by atoms with Crippen LogP contribution < -0.4 is 21.1 Å². The number of methoxy groups -OCH3 is 1. The number of nitrogens with two attached hydrogens (primary N) is 1. The zero-order valence-corrected chi connectivity index (χ0v) is 29.4. The van der Waals surface area contributed by atoms with Gasteiger partial charge in [0.1, 0.15) is 11.8 Å². The summed E-state index contributed by atoms with van der Waals surface area (Å²) in [5, 5.41) is 19.0. The van der Waals surface area contributed by atoms with Crippen molar-refractivity contribution < 1.29 is 24.3 Å². The molecule has 0 aromatic heterocycles. The highest BCUT2D eigenvalue weighted by Crippen LogP contribution is 2.61. The number of hydrogen-bond donors (Lipinski definition) is 4. The molecular formula is C40H52N4O5. The normalized spacial score (nSPS) is 27.9. The van der Waals surface area contributed by atoms with Gasteiger partial charge in [-0.1, -0.05) is 81.4 Å². The second-order valence-corrected chi connectivity index (χ2v) is 14.9. The Bertz CT molecular complexity index is 1630. The van der Waals surface area contributed by atoms with Crippen LogP contribution in [0.25, 0.3) is 11.1 Å². The molecule has 262 valence electrons. The highest BCUT2D eigenvalue weighted by Gasteiger charge is 2.57. The first-order valence-corrected chi connectivity index (χ1v) is 17.7. The number of carbonyl (C=O) groups excluding carboxylic acids is 2. The summed E-state index contributed by atoms with van der Waals surface area (Å²) in [6.45, 7) is 9.60. The maximum atomic E-state index is 14.2. The number of ether oxygens (including phenoxy) is 1. The topological polar surface area (TPSA) is 126 Å². The lowest BCUT2D eigenvalue weighted by Crippen LogP contribution is -2.62. The van der Waals surface area contributed by atoms with E-state index in [1.54, 1.807) is 25.2 Å². The average molecular weight is 669 g/mol. The van der Waals surface area contributed by atoms with E-state index in [0.717, 1.165) is 29.5 Å². The molecule has 2 bridgehead atoms. The SMILES string of the molecule is COc1c(CN2O[C@@H](CN)[C@@H]([C@H](C)O)[C@H]2C(=O)N[C@H]2CC3C[C@@H]([C@@H]2C)C3(C)C)cccc1-c1cccc(C(=O)NCCc2ccccc2)c1. The van der Waals surface area contributed by atoms with Crippen LogP contribution in [0.15, 0.2) is 72.8 Å². The van der Waals surface area contributed by atoms with E-state index in [1.807, 2.05) is 66.7 Å². The molecule has 0 spiro atoms. The Morgan fingerprint density at radius 1 is 1.08 bits per heavy atom. The molecule has 4 aliphatic rings. The van der Waals surface area contributed by atoms with Crippen LogP contribution in [0, 0.1) is 29.1 Å². The number of carbonyl (C=O) groups is 2. The summed E-state index contributed by atoms with van der Waals surface area (Å²) in [6, 6.07) is 22.8. The molecule has 1 aliphatic heterocycles. The Morgan fingerprint density at radius 2 is 1.84 bits per heavy atom. The maximum Gasteiger partial charge on any atom is 0.251 e. The van der Waals surface area contributed by atoms with Gasteiger partial charge in [0.2, 0.25) is 5.91 Å². The van der Waals surface area contributed by atoms with Gasteiger partial charge in [0, 0.05) is 41.7 Å². The van der Waals surface area contributed by atoms with Gasteiger partial charge in [-0.15, -0.1) is 0 Å². The van der Waals surface area contributed by atoms with Crippen molar-refractivity contribution in [2.75, 3.05) is 20.2 Å². The molecule has 49 heavy (non-hydrogen) atoms. The lowest BCUT2D eigenvalue weighted by molar-refractivity contribution is -0.175. The molecule has 4 fully saturated rings. The Kier molecular flexibility index (Phi) is 10.5. The smallest absolute Gasteiger partial charge is 0.251 e. The van der Waals surface area contributed by atoms with E-state index in [2.05, 4.69) is 31.4 Å². The molecule has 5 N–H and O–H groups in total. The van der Waals surface area contributed by atoms with Crippen LogP contribution in [0.1, 0.15) is 62.0 Å². The van der Waals surface area contributed by atoms with Crippen LogP contribution >= 0.6 is 0 Å². The molecule has 3 saturated carbocycles. The van der Waals surface area contributed by atoms with Gasteiger partial charge in [0.05, 0.1) is 25.9 Å². The van der Waals surface area contributed by atoms with Crippen molar-refractivity contribution in [3.05, 3.63) is 89.5 Å². The highest BCUT2D eigenvalue weighted by molar-refractivity contribution is 5.95. The predicted molar refractivity (Wildman–Crippen MR) is 190 cm³/mol. The molecule has 8 atom stereocenters. The van der Waals surface area contributed by atoms with Crippen molar-refractivity contribution in [2.24, 2.45) is 34.8 Å². The summed E-state index contributed by atoms with van der Waals surface area (Å²) >= 11 is 0. The lowest BCUT2D eigenvalue weighted by Gasteiger charge is -2.62. The third kappa shape index (κ3) is 6.99. The summed E-state index contributed by atoms with van der Waals surface area (Å²) in [4.78, 5) is 33.6. The van der Waals surface area contributed by atoms with E-state index in [4.69, 9.17) is 15.3 Å². The molecule has 3 aliphatic carbocycles. The van der Waals surface area contributed by atoms with Crippen molar-refractivity contribution in [2.45, 2.75) is 77.8 Å². The van der Waals surface area contributed by atoms with E-state index in [-0.39, 0.29) is 30.9 Å². The molecule has 1 unspecified atom stereocenters. The molecular weight excluding hydrogens is 616 g/mol. The van der Waals surface area contributed by atoms with Crippen molar-refractivity contribution >= 4 is 11.8 Å². The summed E-state index contributed by atoms with van der Waals surface area (Å²) < 4.78 is 5.99. The number of fused-ring (bicyclic) bond motifs is 2. The van der Waals surface area contributed by atoms with Gasteiger partial charge < -0.3 is 26.2 Å². The zero-order chi connectivity index (χ0) is 34.9. The number of rotatable bonds is 12. The number of hydrogen-bond acceptors (Lipinski definition) is 7. The molecule has 3 aromatic carbocycles. The third-order valence-corrected chi connectivity index (χ3v) is 11.7. The van der Waals surface area contributed by atoms with Crippen molar-refractivity contribution in [3.8, 4) is 16.9 Å². The van der Waals surface area contributed by atoms with Crippen LogP contribution in [0.4, 0.5) is 0 Å². The first kappa shape index (κ1) is 35.1. The van der Waals surface area contributed by atoms with Gasteiger partial charge in [-0.05, 0) is 72.6 Å². The fourth-order valence-electron chi connectivity index (χ4n) is 8.77. The maximum absolute atomic E-state index is 14.2. The van der Waals surface area contributed by atoms with Crippen LogP contribution in [0.2, 0.25) is 0 Å². The molecule has 1 heterocycles. The van der Waals surface area contributed by atoms with Gasteiger partial charge >= 0.3 is 0 Å². The third-order valence-electron chi connectivity index (χ3n) is 11.7. The van der Waals surface area contributed by atoms with Crippen LogP contribution in [-0.2, 0) is 22.6 Å². The summed E-state index contributed by atoms with van der Waals surface area (Å²) in [5.41, 5.74) is 10.6. The van der Waals surface area contributed by atoms with Crippen molar-refractivity contribution in [1.82, 2.24) is 15.7 Å². The predicted octanol–water partition coefficient (Wildman–Crippen LogP) is 4.96. The van der Waals surface area contributed by atoms with Gasteiger partial charge in [0.15, 0.2) is 0 Å². The molecule has 2 amide bonds. The monoisotopic (exact) mass is 668 g/mol. The number of amides is 2. The summed E-state index contributed by atoms with van der Waals surface area (Å²) in [6.07, 6.45) is 1.62. The van der Waals surface area contributed by atoms with Crippen molar-refractivity contribution in [1.29, 1.82) is 0 Å². The summed E-state index contributed by atoms with van der Waals surface area (Å²) in [5.74, 6) is 1.40. The van der Waals surface area contributed by atoms with Crippen LogP contribution in [0.5, 0.6) is 5.75 Å². The molecule has 7 rings (SSSR count). The number of benzene rings is 3. The lowest BCUT2D eigenvalue weighted by atomic mass is 9.45. The van der Waals surface area contributed by atoms with Crippen molar-refractivity contribution in [3.63, 3.8) is 0 Å². The average Bonchev–Trinajstić information content (AvgIpc) is 3.48. The fraction of sp³-hybridized carbons (Fsp3) is 0.500. The Labute approximate surface area is 290 Å². The number of nitrogens with one attached hydrogen (secondary N) is 2. The van der Waals surface area contributed by atoms with Gasteiger partial charge in [-0.25, -0.2) is 0 Å². The number of nitrogens with zero attached hydrogens (tertiary/aromatic N) is 1. The standard InChI is InChI=1S/C40H52N4O5/c1-24-32-20-30(40(32,3)4)21-33(24)43-39(47)36-35(25(2)45)34(22-41)49-44(36)23-29-15-10-16-31(37(29)48-5)27-13-9-14-28(19-27)38(46)42-18-17-26-11-7-6-8-12-26/h6-16,19,24-25,30,32-36,45H,17-18,20-23,41H2,1-5H3,(H,42,46)(H,43,47)/t24-,25-,30?,32-,33-,34-,35+,36-/m0/s1. The Hall–Kier alpha value is -3.76. The van der Waals surface area contributed by atoms with Crippen LogP contribution in [0.3, 0.4) is 0 Å². The van der Waals surface area contributed by atoms with Gasteiger partial charge in [-0.2, -0.15) is 5.06 Å². The first-order chi connectivity index (χ1) is 23.5. The molecule has 9 nitrogen and oxygen atoms in total. The minimum Gasteiger partial charge on any atom is -0.496 e. The van der Waals surface area contributed by atoms with E-state index in [9.17, 15) is 14.7 Å². The fourth-order valence-corrected chi connectivity index (χ4v) is 8.77. The van der Waals surface area contributed by atoms with E-state index < -0.39 is 24.2 Å². The molecule has 1 saturated heterocycles. The zero-order valence-electron chi connectivity index (χ0n) is 29.4. The molecule has 0 radical (unpaired) electrons. The largest absolute Gasteiger partial charge is 0.496 e. The Balaban J connectivity index is 1.21. The van der Waals surface area contributed by atoms with E-state index >= 15 is 0 Å². The number of para-hydroxylation sites is 1. The minimum atomic E-state index is -0.805. The highest BCUT2D eigenvalue weighted by atomic mass is 16.7. The van der Waals surface area contributed by atoms with Gasteiger partial charge in [-0.3, -0.25) is 14.4 Å². The second-order valence-electron chi connectivity index (χ2n) is 14.9. The van der Waals surface area contributed by atoms with E-state index in [1.165, 1.54) is 12.0 Å². The van der Waals surface area contributed by atoms with Crippen LogP contribution in [-0.4, -0.2) is 66.5 Å². The minimum absolute atomic E-state index is 0.0818. The quantitative estimate of drug-likeness (QED) is 0.215. The Morgan fingerprint density at radius 3 is 2.51 bits per heavy atom. The first-order valence-electron chi connectivity index (χ1n) is 17.7. The molecule has 3 aromatic rings. The number of aliphatic hydroxyl groups excluding tert-OH is 1. The second kappa shape index (κ2) is 14.6. The molecule has 9 heteroatoms.